The predicted octanol–water partition coefficient (Wildman–Crippen LogP) is 3.40. The fourth-order valence-corrected chi connectivity index (χ4v) is 3.26. The standard InChI is InChI=1S/C18H22Cl2N2O3/c1-12(23)21(2)14-5-8-22(9-6-14)10-7-15(18(24)25)13-3-4-16(19)17(20)11-13/h3-4,7,11,14H,5-6,8-10H2,1-2H3,(H,24,25)/b15-7-. The number of carboxylic acids is 1. The van der Waals surface area contributed by atoms with E-state index in [9.17, 15) is 14.7 Å². The van der Waals surface area contributed by atoms with Crippen LogP contribution in [0.1, 0.15) is 25.3 Å². The molecule has 0 radical (unpaired) electrons. The van der Waals surface area contributed by atoms with Crippen molar-refractivity contribution < 1.29 is 14.7 Å². The summed E-state index contributed by atoms with van der Waals surface area (Å²) >= 11 is 11.9. The van der Waals surface area contributed by atoms with E-state index in [1.165, 1.54) is 0 Å². The highest BCUT2D eigenvalue weighted by atomic mass is 35.5. The third-order valence-electron chi connectivity index (χ3n) is 4.62. The number of hydrogen-bond donors (Lipinski definition) is 1. The Morgan fingerprint density at radius 1 is 1.28 bits per heavy atom. The molecule has 5 nitrogen and oxygen atoms in total. The second kappa shape index (κ2) is 8.70. The minimum absolute atomic E-state index is 0.0751. The fraction of sp³-hybridized carbons (Fsp3) is 0.444. The van der Waals surface area contributed by atoms with Crippen LogP contribution in [0.3, 0.4) is 0 Å². The van der Waals surface area contributed by atoms with Gasteiger partial charge in [-0.25, -0.2) is 4.79 Å². The minimum atomic E-state index is -0.996. The van der Waals surface area contributed by atoms with Gasteiger partial charge in [0.1, 0.15) is 0 Å². The highest BCUT2D eigenvalue weighted by Gasteiger charge is 2.23. The van der Waals surface area contributed by atoms with Crippen LogP contribution >= 0.6 is 23.2 Å². The third-order valence-corrected chi connectivity index (χ3v) is 5.36. The Morgan fingerprint density at radius 3 is 2.44 bits per heavy atom. The number of hydrogen-bond acceptors (Lipinski definition) is 3. The zero-order valence-corrected chi connectivity index (χ0v) is 15.8. The maximum atomic E-state index is 11.6. The lowest BCUT2D eigenvalue weighted by Gasteiger charge is -2.36. The Hall–Kier alpha value is -1.56. The molecule has 0 unspecified atom stereocenters. The van der Waals surface area contributed by atoms with Gasteiger partial charge in [-0.3, -0.25) is 9.69 Å². The first-order chi connectivity index (χ1) is 11.8. The first-order valence-electron chi connectivity index (χ1n) is 8.14. The third kappa shape index (κ3) is 5.21. The number of benzene rings is 1. The van der Waals surface area contributed by atoms with Gasteiger partial charge in [0.05, 0.1) is 15.6 Å². The van der Waals surface area contributed by atoms with E-state index >= 15 is 0 Å². The van der Waals surface area contributed by atoms with Crippen LogP contribution in [-0.4, -0.2) is 59.5 Å². The van der Waals surface area contributed by atoms with Gasteiger partial charge < -0.3 is 10.0 Å². The van der Waals surface area contributed by atoms with Gasteiger partial charge in [0.2, 0.25) is 5.91 Å². The summed E-state index contributed by atoms with van der Waals surface area (Å²) in [5.74, 6) is -0.921. The smallest absolute Gasteiger partial charge is 0.336 e. The molecule has 1 amide bonds. The molecule has 1 saturated heterocycles. The number of aliphatic carboxylic acids is 1. The molecule has 1 aliphatic heterocycles. The molecule has 7 heteroatoms. The largest absolute Gasteiger partial charge is 0.478 e. The van der Waals surface area contributed by atoms with Gasteiger partial charge in [0.15, 0.2) is 0 Å². The number of carbonyl (C=O) groups is 2. The molecule has 0 spiro atoms. The quantitative estimate of drug-likeness (QED) is 0.790. The predicted molar refractivity (Wildman–Crippen MR) is 100.0 cm³/mol. The summed E-state index contributed by atoms with van der Waals surface area (Å²) in [5.41, 5.74) is 0.745. The summed E-state index contributed by atoms with van der Waals surface area (Å²) in [6.07, 6.45) is 3.48. The molecule has 136 valence electrons. The van der Waals surface area contributed by atoms with E-state index in [0.29, 0.717) is 22.2 Å². The van der Waals surface area contributed by atoms with Crippen molar-refractivity contribution in [3.05, 3.63) is 39.9 Å². The van der Waals surface area contributed by atoms with Gasteiger partial charge in [-0.1, -0.05) is 35.3 Å². The van der Waals surface area contributed by atoms with Crippen LogP contribution in [0.25, 0.3) is 5.57 Å². The molecule has 25 heavy (non-hydrogen) atoms. The lowest BCUT2D eigenvalue weighted by molar-refractivity contribution is -0.131. The molecule has 1 aromatic carbocycles. The van der Waals surface area contributed by atoms with Crippen LogP contribution in [0.4, 0.5) is 0 Å². The number of carbonyl (C=O) groups excluding carboxylic acids is 1. The fourth-order valence-electron chi connectivity index (χ4n) is 2.96. The van der Waals surface area contributed by atoms with Gasteiger partial charge in [-0.15, -0.1) is 0 Å². The van der Waals surface area contributed by atoms with Crippen molar-refractivity contribution in [2.75, 3.05) is 26.7 Å². The molecule has 1 aliphatic rings. The molecule has 1 aromatic rings. The van der Waals surface area contributed by atoms with Crippen molar-refractivity contribution in [2.24, 2.45) is 0 Å². The molecule has 0 aromatic heterocycles. The van der Waals surface area contributed by atoms with Gasteiger partial charge in [-0.2, -0.15) is 0 Å². The Bertz CT molecular complexity index is 683. The molecule has 0 bridgehead atoms. The number of halogens is 2. The summed E-state index contributed by atoms with van der Waals surface area (Å²) in [6, 6.07) is 5.07. The molecule has 0 atom stereocenters. The second-order valence-electron chi connectivity index (χ2n) is 6.21. The Balaban J connectivity index is 2.02. The summed E-state index contributed by atoms with van der Waals surface area (Å²) in [6.45, 7) is 3.77. The number of piperidine rings is 1. The first kappa shape index (κ1) is 19.8. The van der Waals surface area contributed by atoms with E-state index in [1.807, 2.05) is 7.05 Å². The van der Waals surface area contributed by atoms with Crippen molar-refractivity contribution in [3.63, 3.8) is 0 Å². The molecule has 1 heterocycles. The normalized spacial score (nSPS) is 16.7. The van der Waals surface area contributed by atoms with Crippen LogP contribution in [0.2, 0.25) is 10.0 Å². The maximum absolute atomic E-state index is 11.6. The van der Waals surface area contributed by atoms with Crippen molar-refractivity contribution >= 4 is 40.7 Å². The monoisotopic (exact) mass is 384 g/mol. The van der Waals surface area contributed by atoms with Crippen LogP contribution in [-0.2, 0) is 9.59 Å². The SMILES string of the molecule is CC(=O)N(C)C1CCN(C/C=C(\C(=O)O)c2ccc(Cl)c(Cl)c2)CC1. The van der Waals surface area contributed by atoms with E-state index in [4.69, 9.17) is 23.2 Å². The van der Waals surface area contributed by atoms with E-state index in [-0.39, 0.29) is 17.5 Å². The zero-order chi connectivity index (χ0) is 18.6. The second-order valence-corrected chi connectivity index (χ2v) is 7.03. The average molecular weight is 385 g/mol. The van der Waals surface area contributed by atoms with E-state index in [1.54, 1.807) is 36.1 Å². The lowest BCUT2D eigenvalue weighted by atomic mass is 10.0. The van der Waals surface area contributed by atoms with Gasteiger partial charge in [0, 0.05) is 39.6 Å². The van der Waals surface area contributed by atoms with Crippen molar-refractivity contribution in [3.8, 4) is 0 Å². The zero-order valence-electron chi connectivity index (χ0n) is 14.3. The van der Waals surface area contributed by atoms with Crippen molar-refractivity contribution in [1.82, 2.24) is 9.80 Å². The summed E-state index contributed by atoms with van der Waals surface area (Å²) < 4.78 is 0. The maximum Gasteiger partial charge on any atom is 0.336 e. The number of rotatable bonds is 5. The molecule has 2 rings (SSSR count). The van der Waals surface area contributed by atoms with Crippen molar-refractivity contribution in [2.45, 2.75) is 25.8 Å². The first-order valence-corrected chi connectivity index (χ1v) is 8.89. The number of likely N-dealkylation sites (tertiary alicyclic amines) is 1. The average Bonchev–Trinajstić information content (AvgIpc) is 2.57. The topological polar surface area (TPSA) is 60.9 Å². The Labute approximate surface area is 157 Å². The van der Waals surface area contributed by atoms with Gasteiger partial charge in [0.25, 0.3) is 0 Å². The Morgan fingerprint density at radius 2 is 1.92 bits per heavy atom. The molecular formula is C18H22Cl2N2O3. The minimum Gasteiger partial charge on any atom is -0.478 e. The van der Waals surface area contributed by atoms with E-state index < -0.39 is 5.97 Å². The number of carboxylic acid groups (broad SMARTS) is 1. The van der Waals surface area contributed by atoms with E-state index in [0.717, 1.165) is 25.9 Å². The van der Waals surface area contributed by atoms with Gasteiger partial charge in [-0.05, 0) is 30.5 Å². The van der Waals surface area contributed by atoms with Gasteiger partial charge >= 0.3 is 5.97 Å². The Kier molecular flexibility index (Phi) is 6.87. The highest BCUT2D eigenvalue weighted by molar-refractivity contribution is 6.42. The number of nitrogens with zero attached hydrogens (tertiary/aromatic N) is 2. The van der Waals surface area contributed by atoms with Crippen LogP contribution < -0.4 is 0 Å². The number of amides is 1. The van der Waals surface area contributed by atoms with Crippen LogP contribution in [0.15, 0.2) is 24.3 Å². The van der Waals surface area contributed by atoms with E-state index in [2.05, 4.69) is 4.90 Å². The van der Waals surface area contributed by atoms with Crippen LogP contribution in [0.5, 0.6) is 0 Å². The molecule has 1 N–H and O–H groups in total. The van der Waals surface area contributed by atoms with Crippen LogP contribution in [0, 0.1) is 0 Å². The van der Waals surface area contributed by atoms with Crippen molar-refractivity contribution in [1.29, 1.82) is 0 Å². The molecule has 0 aliphatic carbocycles. The summed E-state index contributed by atoms with van der Waals surface area (Å²) in [5, 5.41) is 10.2. The summed E-state index contributed by atoms with van der Waals surface area (Å²) in [7, 11) is 1.83. The highest BCUT2D eigenvalue weighted by Crippen LogP contribution is 2.26. The molecule has 0 saturated carbocycles. The molecule has 1 fully saturated rings. The molecular weight excluding hydrogens is 363 g/mol. The summed E-state index contributed by atoms with van der Waals surface area (Å²) in [4.78, 5) is 27.0. The lowest BCUT2D eigenvalue weighted by Crippen LogP contribution is -2.44.